The van der Waals surface area contributed by atoms with Crippen LogP contribution in [0.5, 0.6) is 0 Å². The van der Waals surface area contributed by atoms with E-state index in [-0.39, 0.29) is 17.4 Å². The van der Waals surface area contributed by atoms with Gasteiger partial charge in [-0.1, -0.05) is 0 Å². The summed E-state index contributed by atoms with van der Waals surface area (Å²) in [6.07, 6.45) is 3.10. The average molecular weight is 253 g/mol. The minimum Gasteiger partial charge on any atom is -0.379 e. The van der Waals surface area contributed by atoms with Gasteiger partial charge in [0.1, 0.15) is 0 Å². The number of hydrogen-bond acceptors (Lipinski definition) is 6. The summed E-state index contributed by atoms with van der Waals surface area (Å²) in [5, 5.41) is 12.1. The van der Waals surface area contributed by atoms with Gasteiger partial charge in [0.2, 0.25) is 17.4 Å². The van der Waals surface area contributed by atoms with E-state index in [1.165, 1.54) is 0 Å². The van der Waals surface area contributed by atoms with E-state index in [2.05, 4.69) is 25.6 Å². The van der Waals surface area contributed by atoms with Gasteiger partial charge >= 0.3 is 0 Å². The van der Waals surface area contributed by atoms with Crippen LogP contribution in [0.4, 0.5) is 5.82 Å². The fourth-order valence-electron chi connectivity index (χ4n) is 1.42. The molecule has 1 aliphatic rings. The van der Waals surface area contributed by atoms with Crippen molar-refractivity contribution in [2.75, 3.05) is 12.3 Å². The van der Waals surface area contributed by atoms with E-state index < -0.39 is 5.91 Å². The molecule has 1 heterocycles. The third kappa shape index (κ3) is 3.44. The van der Waals surface area contributed by atoms with Crippen molar-refractivity contribution < 1.29 is 14.2 Å². The highest BCUT2D eigenvalue weighted by atomic mass is 16.6. The van der Waals surface area contributed by atoms with Crippen LogP contribution >= 0.6 is 0 Å². The first-order chi connectivity index (χ1) is 8.66. The molecule has 4 N–H and O–H groups in total. The van der Waals surface area contributed by atoms with Crippen LogP contribution in [-0.4, -0.2) is 34.7 Å². The molecule has 1 fully saturated rings. The molecule has 0 aliphatic heterocycles. The number of carbonyl (C=O) groups excluding carboxylic acids is 2. The van der Waals surface area contributed by atoms with Gasteiger partial charge in [0.15, 0.2) is 0 Å². The Labute approximate surface area is 103 Å². The normalized spacial score (nSPS) is 14.2. The predicted octanol–water partition coefficient (Wildman–Crippen LogP) is -0.560. The Morgan fingerprint density at radius 1 is 1.39 bits per heavy atom. The van der Waals surface area contributed by atoms with E-state index in [4.69, 9.17) is 5.73 Å². The molecule has 2 rings (SSSR count). The van der Waals surface area contributed by atoms with Crippen LogP contribution in [0.2, 0.25) is 0 Å². The summed E-state index contributed by atoms with van der Waals surface area (Å²) >= 11 is 0. The third-order valence-corrected chi connectivity index (χ3v) is 2.54. The fourth-order valence-corrected chi connectivity index (χ4v) is 1.42. The molecule has 0 aromatic carbocycles. The minimum atomic E-state index is -0.448. The van der Waals surface area contributed by atoms with Gasteiger partial charge in [0, 0.05) is 19.0 Å². The van der Waals surface area contributed by atoms with Gasteiger partial charge < -0.3 is 16.4 Å². The zero-order valence-corrected chi connectivity index (χ0v) is 9.81. The van der Waals surface area contributed by atoms with Gasteiger partial charge in [-0.2, -0.15) is 0 Å². The number of rotatable bonds is 6. The zero-order valence-electron chi connectivity index (χ0n) is 9.81. The number of nitrogens with zero attached hydrogens (tertiary/aromatic N) is 2. The first-order valence-electron chi connectivity index (χ1n) is 5.82. The van der Waals surface area contributed by atoms with Crippen LogP contribution in [-0.2, 0) is 4.79 Å². The Bertz CT molecular complexity index is 440. The van der Waals surface area contributed by atoms with Gasteiger partial charge in [-0.05, 0) is 29.6 Å². The molecule has 2 amide bonds. The summed E-state index contributed by atoms with van der Waals surface area (Å²) in [7, 11) is 0. The molecule has 0 bridgehead atoms. The topological polar surface area (TPSA) is 123 Å². The highest BCUT2D eigenvalue weighted by Crippen LogP contribution is 2.18. The standard InChI is InChI=1S/C10H15N5O3/c11-9-8(14-18-15-9)10(17)12-5-1-2-7(16)13-6-3-4-6/h6H,1-5H2,(H2,11,15)(H,12,17)(H,13,16). The zero-order chi connectivity index (χ0) is 13.0. The van der Waals surface area contributed by atoms with E-state index in [0.29, 0.717) is 25.4 Å². The Kier molecular flexibility index (Phi) is 3.75. The molecule has 0 radical (unpaired) electrons. The van der Waals surface area contributed by atoms with Crippen molar-refractivity contribution in [3.8, 4) is 0 Å². The highest BCUT2D eigenvalue weighted by Gasteiger charge is 2.22. The van der Waals surface area contributed by atoms with Crippen molar-refractivity contribution in [1.82, 2.24) is 20.9 Å². The summed E-state index contributed by atoms with van der Waals surface area (Å²) in [5.74, 6) is -0.468. The molecule has 0 saturated heterocycles. The van der Waals surface area contributed by atoms with Gasteiger partial charge in [-0.15, -0.1) is 0 Å². The lowest BCUT2D eigenvalue weighted by Gasteiger charge is -2.04. The first kappa shape index (κ1) is 12.3. The molecule has 8 heteroatoms. The molecular formula is C10H15N5O3. The molecule has 1 aromatic heterocycles. The Hall–Kier alpha value is -2.12. The van der Waals surface area contributed by atoms with Crippen molar-refractivity contribution in [3.05, 3.63) is 5.69 Å². The molecule has 18 heavy (non-hydrogen) atoms. The third-order valence-electron chi connectivity index (χ3n) is 2.54. The lowest BCUT2D eigenvalue weighted by Crippen LogP contribution is -2.29. The number of aromatic nitrogens is 2. The predicted molar refractivity (Wildman–Crippen MR) is 61.4 cm³/mol. The Balaban J connectivity index is 1.61. The van der Waals surface area contributed by atoms with E-state index in [9.17, 15) is 9.59 Å². The quantitative estimate of drug-likeness (QED) is 0.584. The number of amides is 2. The molecule has 1 aliphatic carbocycles. The summed E-state index contributed by atoms with van der Waals surface area (Å²) in [4.78, 5) is 22.8. The second kappa shape index (κ2) is 5.48. The van der Waals surface area contributed by atoms with Gasteiger partial charge in [-0.25, -0.2) is 4.63 Å². The Morgan fingerprint density at radius 2 is 2.17 bits per heavy atom. The van der Waals surface area contributed by atoms with Crippen LogP contribution in [0.3, 0.4) is 0 Å². The van der Waals surface area contributed by atoms with E-state index in [1.807, 2.05) is 0 Å². The SMILES string of the molecule is Nc1nonc1C(=O)NCCCC(=O)NC1CC1. The minimum absolute atomic E-state index is 0.0226. The van der Waals surface area contributed by atoms with Crippen molar-refractivity contribution in [3.63, 3.8) is 0 Å². The van der Waals surface area contributed by atoms with Gasteiger partial charge in [0.05, 0.1) is 0 Å². The number of nitrogen functional groups attached to an aromatic ring is 1. The number of hydrogen-bond donors (Lipinski definition) is 3. The number of anilines is 1. The largest absolute Gasteiger partial charge is 0.379 e. The van der Waals surface area contributed by atoms with Gasteiger partial charge in [-0.3, -0.25) is 9.59 Å². The summed E-state index contributed by atoms with van der Waals surface area (Å²) in [6.45, 7) is 0.378. The molecule has 0 atom stereocenters. The van der Waals surface area contributed by atoms with E-state index in [0.717, 1.165) is 12.8 Å². The van der Waals surface area contributed by atoms with Crippen LogP contribution in [0.15, 0.2) is 4.63 Å². The highest BCUT2D eigenvalue weighted by molar-refractivity contribution is 5.95. The number of carbonyl (C=O) groups is 2. The monoisotopic (exact) mass is 253 g/mol. The summed E-state index contributed by atoms with van der Waals surface area (Å²) in [5.41, 5.74) is 5.33. The van der Waals surface area contributed by atoms with Crippen LogP contribution in [0.1, 0.15) is 36.2 Å². The Morgan fingerprint density at radius 3 is 2.78 bits per heavy atom. The molecule has 0 spiro atoms. The van der Waals surface area contributed by atoms with Gasteiger partial charge in [0.25, 0.3) is 5.91 Å². The molecular weight excluding hydrogens is 238 g/mol. The second-order valence-corrected chi connectivity index (χ2v) is 4.20. The molecule has 8 nitrogen and oxygen atoms in total. The summed E-state index contributed by atoms with van der Waals surface area (Å²) < 4.78 is 4.31. The summed E-state index contributed by atoms with van der Waals surface area (Å²) in [6, 6.07) is 0.369. The smallest absolute Gasteiger partial charge is 0.277 e. The number of nitrogens with one attached hydrogen (secondary N) is 2. The maximum atomic E-state index is 11.5. The molecule has 0 unspecified atom stereocenters. The van der Waals surface area contributed by atoms with Crippen molar-refractivity contribution in [1.29, 1.82) is 0 Å². The average Bonchev–Trinajstić information content (AvgIpc) is 3.04. The lowest BCUT2D eigenvalue weighted by molar-refractivity contribution is -0.121. The number of nitrogens with two attached hydrogens (primary N) is 1. The van der Waals surface area contributed by atoms with Crippen LogP contribution in [0.25, 0.3) is 0 Å². The fraction of sp³-hybridized carbons (Fsp3) is 0.600. The van der Waals surface area contributed by atoms with Crippen LogP contribution in [0, 0.1) is 0 Å². The van der Waals surface area contributed by atoms with Crippen molar-refractivity contribution in [2.45, 2.75) is 31.7 Å². The molecule has 98 valence electrons. The maximum Gasteiger partial charge on any atom is 0.277 e. The maximum absolute atomic E-state index is 11.5. The lowest BCUT2D eigenvalue weighted by atomic mass is 10.3. The molecule has 1 saturated carbocycles. The molecule has 1 aromatic rings. The van der Waals surface area contributed by atoms with Crippen LogP contribution < -0.4 is 16.4 Å². The van der Waals surface area contributed by atoms with E-state index in [1.54, 1.807) is 0 Å². The first-order valence-corrected chi connectivity index (χ1v) is 5.82. The van der Waals surface area contributed by atoms with E-state index >= 15 is 0 Å². The van der Waals surface area contributed by atoms with Crippen molar-refractivity contribution in [2.24, 2.45) is 0 Å². The van der Waals surface area contributed by atoms with Crippen molar-refractivity contribution >= 4 is 17.6 Å². The second-order valence-electron chi connectivity index (χ2n) is 4.20.